The van der Waals surface area contributed by atoms with E-state index in [9.17, 15) is 9.59 Å². The number of hydrogen-bond acceptors (Lipinski definition) is 8. The normalized spacial score (nSPS) is 15.6. The Balaban J connectivity index is 1.57. The average Bonchev–Trinajstić information content (AvgIpc) is 3.11. The molecule has 1 fully saturated rings. The highest BCUT2D eigenvalue weighted by Crippen LogP contribution is 2.32. The van der Waals surface area contributed by atoms with Crippen LogP contribution >= 0.6 is 22.7 Å². The third kappa shape index (κ3) is 4.12. The number of aromatic nitrogens is 2. The van der Waals surface area contributed by atoms with Gasteiger partial charge in [-0.3, -0.25) is 14.5 Å². The molecule has 0 radical (unpaired) electrons. The Kier molecular flexibility index (Phi) is 5.79. The second-order valence-corrected chi connectivity index (χ2v) is 9.44. The minimum absolute atomic E-state index is 0.0431. The van der Waals surface area contributed by atoms with Crippen LogP contribution in [0.1, 0.15) is 36.5 Å². The number of carbonyl (C=O) groups excluding carboxylic acids is 2. The SMILES string of the molecule is CCOC(=O)C(C)(C)N1CC(C(=O)Cc2nc(-c3sc(C)nc3C)cs2)C1. The molecule has 2 aromatic rings. The Labute approximate surface area is 167 Å². The van der Waals surface area contributed by atoms with Crippen LogP contribution in [-0.4, -0.2) is 51.9 Å². The van der Waals surface area contributed by atoms with Crippen LogP contribution in [0.3, 0.4) is 0 Å². The molecule has 0 N–H and O–H groups in total. The predicted molar refractivity (Wildman–Crippen MR) is 107 cm³/mol. The van der Waals surface area contributed by atoms with Gasteiger partial charge >= 0.3 is 5.97 Å². The van der Waals surface area contributed by atoms with E-state index in [2.05, 4.69) is 9.97 Å². The van der Waals surface area contributed by atoms with Crippen LogP contribution in [-0.2, 0) is 20.7 Å². The predicted octanol–water partition coefficient (Wildman–Crippen LogP) is 3.27. The summed E-state index contributed by atoms with van der Waals surface area (Å²) in [5, 5.41) is 3.86. The maximum Gasteiger partial charge on any atom is 0.325 e. The molecule has 3 heterocycles. The van der Waals surface area contributed by atoms with E-state index in [1.54, 1.807) is 18.3 Å². The van der Waals surface area contributed by atoms with Gasteiger partial charge in [0.1, 0.15) is 16.3 Å². The lowest BCUT2D eigenvalue weighted by Gasteiger charge is -2.46. The molecule has 0 atom stereocenters. The molecule has 0 saturated carbocycles. The summed E-state index contributed by atoms with van der Waals surface area (Å²) in [6.45, 7) is 11.0. The zero-order valence-electron chi connectivity index (χ0n) is 16.4. The Hall–Kier alpha value is -1.64. The molecule has 0 spiro atoms. The summed E-state index contributed by atoms with van der Waals surface area (Å²) in [5.74, 6) is -0.0989. The van der Waals surface area contributed by atoms with Gasteiger partial charge in [-0.25, -0.2) is 9.97 Å². The van der Waals surface area contributed by atoms with Crippen molar-refractivity contribution in [2.45, 2.75) is 46.6 Å². The third-order valence-corrected chi connectivity index (χ3v) is 6.86. The number of rotatable bonds is 7. The van der Waals surface area contributed by atoms with Gasteiger partial charge in [-0.15, -0.1) is 22.7 Å². The molecular weight excluding hydrogens is 382 g/mol. The van der Waals surface area contributed by atoms with E-state index >= 15 is 0 Å². The fraction of sp³-hybridized carbons (Fsp3) is 0.579. The first-order valence-electron chi connectivity index (χ1n) is 9.06. The Morgan fingerprint density at radius 2 is 2.00 bits per heavy atom. The summed E-state index contributed by atoms with van der Waals surface area (Å²) < 4.78 is 5.13. The van der Waals surface area contributed by atoms with E-state index in [4.69, 9.17) is 4.74 Å². The third-order valence-electron chi connectivity index (χ3n) is 4.92. The number of hydrogen-bond donors (Lipinski definition) is 0. The molecule has 0 amide bonds. The van der Waals surface area contributed by atoms with Gasteiger partial charge < -0.3 is 4.74 Å². The Morgan fingerprint density at radius 3 is 2.59 bits per heavy atom. The molecule has 2 aromatic heterocycles. The molecule has 146 valence electrons. The lowest BCUT2D eigenvalue weighted by Crippen LogP contribution is -2.62. The van der Waals surface area contributed by atoms with Gasteiger partial charge in [0.2, 0.25) is 0 Å². The van der Waals surface area contributed by atoms with Crippen molar-refractivity contribution >= 4 is 34.4 Å². The smallest absolute Gasteiger partial charge is 0.325 e. The number of ether oxygens (including phenoxy) is 1. The van der Waals surface area contributed by atoms with E-state index in [1.807, 2.05) is 38.0 Å². The summed E-state index contributed by atoms with van der Waals surface area (Å²) in [6, 6.07) is 0. The minimum Gasteiger partial charge on any atom is -0.465 e. The standard InChI is InChI=1S/C19H25N3O3S2/c1-6-25-18(24)19(4,5)22-8-13(9-22)15(23)7-16-21-14(10-26-16)17-11(2)20-12(3)27-17/h10,13H,6-9H2,1-5H3. The molecule has 27 heavy (non-hydrogen) atoms. The van der Waals surface area contributed by atoms with Crippen LogP contribution in [0.15, 0.2) is 5.38 Å². The molecular formula is C19H25N3O3S2. The maximum absolute atomic E-state index is 12.6. The first-order valence-corrected chi connectivity index (χ1v) is 10.8. The van der Waals surface area contributed by atoms with Crippen LogP contribution in [0.5, 0.6) is 0 Å². The Morgan fingerprint density at radius 1 is 1.30 bits per heavy atom. The molecule has 0 aromatic carbocycles. The molecule has 1 aliphatic heterocycles. The molecule has 1 aliphatic rings. The van der Waals surface area contributed by atoms with Gasteiger partial charge in [0.15, 0.2) is 0 Å². The summed E-state index contributed by atoms with van der Waals surface area (Å²) in [4.78, 5) is 36.8. The van der Waals surface area contributed by atoms with E-state index in [0.717, 1.165) is 26.3 Å². The Bertz CT molecular complexity index is 850. The first-order chi connectivity index (χ1) is 12.7. The van der Waals surface area contributed by atoms with Gasteiger partial charge in [0, 0.05) is 24.4 Å². The number of likely N-dealkylation sites (tertiary alicyclic amines) is 1. The summed E-state index contributed by atoms with van der Waals surface area (Å²) in [6.07, 6.45) is 0.347. The minimum atomic E-state index is -0.692. The number of Topliss-reactive ketones (excluding diaryl/α,β-unsaturated/α-hetero) is 1. The van der Waals surface area contributed by atoms with Crippen molar-refractivity contribution in [2.75, 3.05) is 19.7 Å². The average molecular weight is 408 g/mol. The zero-order chi connectivity index (χ0) is 19.8. The van der Waals surface area contributed by atoms with Crippen molar-refractivity contribution in [3.63, 3.8) is 0 Å². The van der Waals surface area contributed by atoms with Gasteiger partial charge in [-0.1, -0.05) is 0 Å². The second kappa shape index (κ2) is 7.77. The largest absolute Gasteiger partial charge is 0.465 e. The van der Waals surface area contributed by atoms with Crippen molar-refractivity contribution < 1.29 is 14.3 Å². The molecule has 1 saturated heterocycles. The fourth-order valence-electron chi connectivity index (χ4n) is 3.13. The highest BCUT2D eigenvalue weighted by molar-refractivity contribution is 7.16. The lowest BCUT2D eigenvalue weighted by atomic mass is 9.87. The van der Waals surface area contributed by atoms with Crippen LogP contribution in [0.2, 0.25) is 0 Å². The number of thiazole rings is 2. The van der Waals surface area contributed by atoms with Crippen LogP contribution in [0, 0.1) is 19.8 Å². The zero-order valence-corrected chi connectivity index (χ0v) is 18.0. The van der Waals surface area contributed by atoms with Crippen LogP contribution in [0.4, 0.5) is 0 Å². The number of aryl methyl sites for hydroxylation is 2. The van der Waals surface area contributed by atoms with Crippen LogP contribution in [0.25, 0.3) is 10.6 Å². The quantitative estimate of drug-likeness (QED) is 0.656. The molecule has 6 nitrogen and oxygen atoms in total. The van der Waals surface area contributed by atoms with Crippen molar-refractivity contribution in [1.29, 1.82) is 0 Å². The second-order valence-electron chi connectivity index (χ2n) is 7.30. The highest BCUT2D eigenvalue weighted by atomic mass is 32.1. The van der Waals surface area contributed by atoms with E-state index in [-0.39, 0.29) is 17.7 Å². The van der Waals surface area contributed by atoms with Crippen molar-refractivity contribution in [3.05, 3.63) is 21.1 Å². The van der Waals surface area contributed by atoms with Crippen molar-refractivity contribution in [2.24, 2.45) is 5.92 Å². The van der Waals surface area contributed by atoms with Crippen LogP contribution < -0.4 is 0 Å². The summed E-state index contributed by atoms with van der Waals surface area (Å²) in [7, 11) is 0. The molecule has 0 bridgehead atoms. The molecule has 8 heteroatoms. The topological polar surface area (TPSA) is 72.4 Å². The van der Waals surface area contributed by atoms with Gasteiger partial charge in [0.25, 0.3) is 0 Å². The van der Waals surface area contributed by atoms with Crippen molar-refractivity contribution in [1.82, 2.24) is 14.9 Å². The molecule has 0 aliphatic carbocycles. The number of carbonyl (C=O) groups is 2. The van der Waals surface area contributed by atoms with Gasteiger partial charge in [0.05, 0.1) is 34.3 Å². The maximum atomic E-state index is 12.6. The van der Waals surface area contributed by atoms with E-state index in [0.29, 0.717) is 26.1 Å². The lowest BCUT2D eigenvalue weighted by molar-refractivity contribution is -0.162. The summed E-state index contributed by atoms with van der Waals surface area (Å²) >= 11 is 3.15. The monoisotopic (exact) mass is 407 g/mol. The van der Waals surface area contributed by atoms with E-state index < -0.39 is 5.54 Å². The molecule has 0 unspecified atom stereocenters. The van der Waals surface area contributed by atoms with Gasteiger partial charge in [-0.05, 0) is 34.6 Å². The number of ketones is 1. The fourth-order valence-corrected chi connectivity index (χ4v) is 4.88. The number of nitrogens with zero attached hydrogens (tertiary/aromatic N) is 3. The van der Waals surface area contributed by atoms with Gasteiger partial charge in [-0.2, -0.15) is 0 Å². The number of esters is 1. The first kappa shape index (κ1) is 20.1. The highest BCUT2D eigenvalue weighted by Gasteiger charge is 2.45. The summed E-state index contributed by atoms with van der Waals surface area (Å²) in [5.41, 5.74) is 1.20. The van der Waals surface area contributed by atoms with Crippen molar-refractivity contribution in [3.8, 4) is 10.6 Å². The van der Waals surface area contributed by atoms with E-state index in [1.165, 1.54) is 11.3 Å². The molecule has 3 rings (SSSR count).